The lowest BCUT2D eigenvalue weighted by atomic mass is 9.86. The third-order valence-corrected chi connectivity index (χ3v) is 7.38. The van der Waals surface area contributed by atoms with Crippen LogP contribution in [-0.4, -0.2) is 68.2 Å². The van der Waals surface area contributed by atoms with Crippen molar-refractivity contribution in [1.29, 1.82) is 0 Å². The monoisotopic (exact) mass is 518 g/mol. The van der Waals surface area contributed by atoms with Crippen molar-refractivity contribution >= 4 is 17.2 Å². The number of fused-ring (bicyclic) bond motifs is 1. The minimum atomic E-state index is -0.938. The Hall–Kier alpha value is -3.99. The van der Waals surface area contributed by atoms with E-state index in [4.69, 9.17) is 4.84 Å². The van der Waals surface area contributed by atoms with Crippen LogP contribution in [0, 0.1) is 17.0 Å². The highest BCUT2D eigenvalue weighted by Gasteiger charge is 2.43. The lowest BCUT2D eigenvalue weighted by molar-refractivity contribution is 0.159. The minimum absolute atomic E-state index is 0.251. The van der Waals surface area contributed by atoms with Crippen LogP contribution in [0.5, 0.6) is 0 Å². The highest BCUT2D eigenvalue weighted by atomic mass is 19.2. The topological polar surface area (TPSA) is 84.0 Å². The maximum absolute atomic E-state index is 13.9. The molecule has 0 radical (unpaired) electrons. The zero-order valence-electron chi connectivity index (χ0n) is 21.1. The number of hydrogen-bond donors (Lipinski definition) is 0. The highest BCUT2D eigenvalue weighted by molar-refractivity contribution is 6.11. The Balaban J connectivity index is 1.11. The van der Waals surface area contributed by atoms with Crippen LogP contribution in [0.3, 0.4) is 0 Å². The van der Waals surface area contributed by atoms with Crippen molar-refractivity contribution in [3.8, 4) is 0 Å². The summed E-state index contributed by atoms with van der Waals surface area (Å²) in [5, 5.41) is 16.7. The molecule has 1 spiro atoms. The van der Waals surface area contributed by atoms with Gasteiger partial charge in [-0.15, -0.1) is 15.3 Å². The molecule has 0 aliphatic carbocycles. The summed E-state index contributed by atoms with van der Waals surface area (Å²) in [6, 6.07) is 11.5. The van der Waals surface area contributed by atoms with E-state index in [0.29, 0.717) is 23.6 Å². The number of anilines is 1. The Kier molecular flexibility index (Phi) is 6.44. The Morgan fingerprint density at radius 1 is 1.05 bits per heavy atom. The van der Waals surface area contributed by atoms with E-state index in [9.17, 15) is 8.78 Å². The summed E-state index contributed by atoms with van der Waals surface area (Å²) in [5.74, 6) is -0.890. The summed E-state index contributed by atoms with van der Waals surface area (Å²) < 4.78 is 29.0. The molecule has 3 aromatic heterocycles. The zero-order valence-corrected chi connectivity index (χ0v) is 21.1. The van der Waals surface area contributed by atoms with Crippen molar-refractivity contribution in [2.45, 2.75) is 26.3 Å². The molecule has 0 bridgehead atoms. The number of benzene rings is 1. The van der Waals surface area contributed by atoms with Crippen molar-refractivity contribution in [1.82, 2.24) is 29.7 Å². The van der Waals surface area contributed by atoms with Crippen LogP contribution in [-0.2, 0) is 11.4 Å². The van der Waals surface area contributed by atoms with Gasteiger partial charge in [-0.3, -0.25) is 9.88 Å². The predicted molar refractivity (Wildman–Crippen MR) is 138 cm³/mol. The summed E-state index contributed by atoms with van der Waals surface area (Å²) in [4.78, 5) is 14.6. The number of pyridine rings is 1. The average Bonchev–Trinajstić information content (AvgIpc) is 3.67. The van der Waals surface area contributed by atoms with Gasteiger partial charge in [-0.1, -0.05) is 11.2 Å². The van der Waals surface area contributed by atoms with Crippen LogP contribution >= 0.6 is 0 Å². The number of rotatable bonds is 7. The lowest BCUT2D eigenvalue weighted by Gasteiger charge is -2.25. The van der Waals surface area contributed by atoms with Gasteiger partial charge in [0.15, 0.2) is 17.3 Å². The van der Waals surface area contributed by atoms with Gasteiger partial charge in [-0.25, -0.2) is 8.78 Å². The van der Waals surface area contributed by atoms with E-state index in [1.54, 1.807) is 10.8 Å². The van der Waals surface area contributed by atoms with Crippen LogP contribution < -0.4 is 4.90 Å². The van der Waals surface area contributed by atoms with Crippen molar-refractivity contribution in [2.24, 2.45) is 10.6 Å². The molecule has 196 valence electrons. The second kappa shape index (κ2) is 10.1. The van der Waals surface area contributed by atoms with E-state index in [2.05, 4.69) is 35.2 Å². The molecule has 1 unspecified atom stereocenters. The molecule has 2 aliphatic heterocycles. The van der Waals surface area contributed by atoms with Crippen LogP contribution in [0.25, 0.3) is 5.65 Å². The molecule has 0 N–H and O–H groups in total. The van der Waals surface area contributed by atoms with Crippen LogP contribution in [0.15, 0.2) is 60.1 Å². The molecule has 0 amide bonds. The Bertz CT molecular complexity index is 1470. The average molecular weight is 519 g/mol. The molecular formula is C27H28F2N8O. The molecule has 1 atom stereocenters. The normalized spacial score (nSPS) is 20.2. The molecule has 5 heterocycles. The summed E-state index contributed by atoms with van der Waals surface area (Å²) in [6.45, 7) is 6.96. The number of oxime groups is 1. The molecule has 2 saturated heterocycles. The number of nitrogens with zero attached hydrogens (tertiary/aromatic N) is 8. The molecule has 38 heavy (non-hydrogen) atoms. The van der Waals surface area contributed by atoms with E-state index in [1.807, 2.05) is 37.4 Å². The fourth-order valence-electron chi connectivity index (χ4n) is 5.45. The summed E-state index contributed by atoms with van der Waals surface area (Å²) >= 11 is 0. The molecule has 2 aliphatic rings. The second-order valence-electron chi connectivity index (χ2n) is 10.00. The second-order valence-corrected chi connectivity index (χ2v) is 10.00. The first kappa shape index (κ1) is 24.4. The van der Waals surface area contributed by atoms with E-state index in [-0.39, 0.29) is 5.41 Å². The molecule has 4 aromatic rings. The molecule has 6 rings (SSSR count). The van der Waals surface area contributed by atoms with Crippen LogP contribution in [0.1, 0.15) is 36.6 Å². The number of halogens is 2. The largest absolute Gasteiger partial charge is 0.396 e. The minimum Gasteiger partial charge on any atom is -0.396 e. The van der Waals surface area contributed by atoms with Gasteiger partial charge in [0.05, 0.1) is 5.69 Å². The number of likely N-dealkylation sites (tertiary alicyclic amines) is 1. The van der Waals surface area contributed by atoms with Gasteiger partial charge in [0.1, 0.15) is 24.5 Å². The first-order valence-corrected chi connectivity index (χ1v) is 12.8. The first-order chi connectivity index (χ1) is 18.5. The maximum atomic E-state index is 13.9. The Morgan fingerprint density at radius 2 is 1.95 bits per heavy atom. The summed E-state index contributed by atoms with van der Waals surface area (Å²) in [6.07, 6.45) is 5.73. The smallest absolute Gasteiger partial charge is 0.177 e. The van der Waals surface area contributed by atoms with Crippen molar-refractivity contribution in [3.63, 3.8) is 0 Å². The van der Waals surface area contributed by atoms with E-state index < -0.39 is 11.6 Å². The van der Waals surface area contributed by atoms with Crippen LogP contribution in [0.4, 0.5) is 14.6 Å². The quantitative estimate of drug-likeness (QED) is 0.273. The third kappa shape index (κ3) is 4.81. The van der Waals surface area contributed by atoms with Gasteiger partial charge in [0.2, 0.25) is 0 Å². The van der Waals surface area contributed by atoms with E-state index >= 15 is 0 Å². The zero-order chi connectivity index (χ0) is 26.1. The van der Waals surface area contributed by atoms with Crippen molar-refractivity contribution in [2.75, 3.05) is 37.7 Å². The predicted octanol–water partition coefficient (Wildman–Crippen LogP) is 3.69. The maximum Gasteiger partial charge on any atom is 0.177 e. The summed E-state index contributed by atoms with van der Waals surface area (Å²) in [5.41, 5.74) is 3.39. The molecule has 0 saturated carbocycles. The van der Waals surface area contributed by atoms with Gasteiger partial charge < -0.3 is 9.74 Å². The van der Waals surface area contributed by atoms with Gasteiger partial charge >= 0.3 is 0 Å². The first-order valence-electron chi connectivity index (χ1n) is 12.8. The molecule has 11 heteroatoms. The van der Waals surface area contributed by atoms with Crippen molar-refractivity contribution < 1.29 is 13.6 Å². The number of aromatic nitrogens is 5. The molecule has 2 fully saturated rings. The fraction of sp³-hybridized carbons (Fsp3) is 0.370. The molecule has 9 nitrogen and oxygen atoms in total. The van der Waals surface area contributed by atoms with E-state index in [1.165, 1.54) is 6.07 Å². The van der Waals surface area contributed by atoms with Gasteiger partial charge in [0, 0.05) is 43.4 Å². The SMILES string of the molecule is CCO/N=C(\c1ccc(F)c(F)c1)c1ccc(CN2CCC3(CCN(c4ccc5nncn5n4)C3)C2)cn1. The fourth-order valence-corrected chi connectivity index (χ4v) is 5.45. The van der Waals surface area contributed by atoms with Crippen molar-refractivity contribution in [3.05, 3.63) is 83.4 Å². The standard InChI is InChI=1S/C27H28F2N8O/c1-2-38-34-26(20-4-5-21(28)22(29)13-20)23-6-3-19(14-30-23)15-35-11-9-27(16-35)10-12-36(17-27)25-8-7-24-32-31-18-37(24)33-25/h3-8,13-14,18H,2,9-12,15-17H2,1H3/b34-26+. The van der Waals surface area contributed by atoms with Gasteiger partial charge in [-0.05, 0) is 68.3 Å². The Morgan fingerprint density at radius 3 is 2.76 bits per heavy atom. The summed E-state index contributed by atoms with van der Waals surface area (Å²) in [7, 11) is 0. The Labute approximate surface area is 218 Å². The number of hydrogen-bond acceptors (Lipinski definition) is 8. The highest BCUT2D eigenvalue weighted by Crippen LogP contribution is 2.41. The third-order valence-electron chi connectivity index (χ3n) is 7.38. The van der Waals surface area contributed by atoms with Gasteiger partial charge in [-0.2, -0.15) is 4.52 Å². The lowest BCUT2D eigenvalue weighted by Crippen LogP contribution is -2.31. The molecule has 1 aromatic carbocycles. The van der Waals surface area contributed by atoms with Gasteiger partial charge in [0.25, 0.3) is 0 Å². The molecular weight excluding hydrogens is 490 g/mol. The van der Waals surface area contributed by atoms with E-state index in [0.717, 1.165) is 74.7 Å². The van der Waals surface area contributed by atoms with Crippen LogP contribution in [0.2, 0.25) is 0 Å².